The Balaban J connectivity index is 1.28. The van der Waals surface area contributed by atoms with E-state index >= 15 is 0 Å². The van der Waals surface area contributed by atoms with E-state index in [4.69, 9.17) is 0 Å². The van der Waals surface area contributed by atoms with E-state index in [-0.39, 0.29) is 23.4 Å². The van der Waals surface area contributed by atoms with Crippen molar-refractivity contribution in [3.63, 3.8) is 0 Å². The summed E-state index contributed by atoms with van der Waals surface area (Å²) in [6.45, 7) is 0.829. The fraction of sp³-hybridized carbons (Fsp3) is 0.320. The summed E-state index contributed by atoms with van der Waals surface area (Å²) in [5, 5.41) is 16.8. The summed E-state index contributed by atoms with van der Waals surface area (Å²) in [6.07, 6.45) is 7.67. The zero-order chi connectivity index (χ0) is 23.0. The molecule has 0 radical (unpaired) electrons. The molecule has 3 aromatic rings. The van der Waals surface area contributed by atoms with Crippen LogP contribution in [0.5, 0.6) is 0 Å². The van der Waals surface area contributed by atoms with Crippen molar-refractivity contribution in [1.82, 2.24) is 20.1 Å². The molecule has 33 heavy (non-hydrogen) atoms. The lowest BCUT2D eigenvalue weighted by Gasteiger charge is -2.21. The number of rotatable bonds is 6. The number of anilines is 1. The van der Waals surface area contributed by atoms with Gasteiger partial charge in [-0.05, 0) is 54.5 Å². The third kappa shape index (κ3) is 3.87. The highest BCUT2D eigenvalue weighted by Gasteiger charge is 2.56. The SMILES string of the molecule is Cn1cc(-c2cccc(CNC(=O)c3cc(N4CC[C@@](C#N)(C5CC5)C4=O)ccn3)c2)cn1. The largest absolute Gasteiger partial charge is 0.347 e. The summed E-state index contributed by atoms with van der Waals surface area (Å²) >= 11 is 0. The van der Waals surface area contributed by atoms with E-state index in [1.807, 2.05) is 37.5 Å². The third-order valence-corrected chi connectivity index (χ3v) is 6.54. The zero-order valence-corrected chi connectivity index (χ0v) is 18.4. The van der Waals surface area contributed by atoms with Gasteiger partial charge in [0.2, 0.25) is 5.91 Å². The van der Waals surface area contributed by atoms with Gasteiger partial charge in [-0.25, -0.2) is 0 Å². The Kier molecular flexibility index (Phi) is 5.17. The summed E-state index contributed by atoms with van der Waals surface area (Å²) in [5.74, 6) is -0.312. The van der Waals surface area contributed by atoms with Gasteiger partial charge in [0, 0.05) is 43.8 Å². The van der Waals surface area contributed by atoms with Crippen LogP contribution in [0.4, 0.5) is 5.69 Å². The molecular formula is C25H24N6O2. The van der Waals surface area contributed by atoms with E-state index in [1.54, 1.807) is 27.9 Å². The first-order valence-electron chi connectivity index (χ1n) is 11.1. The molecule has 0 unspecified atom stereocenters. The lowest BCUT2D eigenvalue weighted by molar-refractivity contribution is -0.123. The van der Waals surface area contributed by atoms with Crippen molar-refractivity contribution in [1.29, 1.82) is 5.26 Å². The number of aryl methyl sites for hydroxylation is 1. The number of nitriles is 1. The average molecular weight is 441 g/mol. The monoisotopic (exact) mass is 440 g/mol. The number of carbonyl (C=O) groups is 2. The number of hydrogen-bond acceptors (Lipinski definition) is 5. The summed E-state index contributed by atoms with van der Waals surface area (Å²) in [4.78, 5) is 31.7. The van der Waals surface area contributed by atoms with Crippen LogP contribution in [-0.2, 0) is 18.4 Å². The highest BCUT2D eigenvalue weighted by Crippen LogP contribution is 2.51. The first kappa shape index (κ1) is 20.9. The van der Waals surface area contributed by atoms with Gasteiger partial charge in [-0.1, -0.05) is 18.2 Å². The van der Waals surface area contributed by atoms with Crippen molar-refractivity contribution in [2.75, 3.05) is 11.4 Å². The molecule has 1 atom stereocenters. The summed E-state index contributed by atoms with van der Waals surface area (Å²) in [5.41, 5.74) is 2.93. The maximum Gasteiger partial charge on any atom is 0.270 e. The number of benzene rings is 1. The molecule has 2 fully saturated rings. The third-order valence-electron chi connectivity index (χ3n) is 6.54. The van der Waals surface area contributed by atoms with E-state index in [2.05, 4.69) is 21.5 Å². The van der Waals surface area contributed by atoms with Crippen LogP contribution in [0.1, 0.15) is 35.3 Å². The van der Waals surface area contributed by atoms with Gasteiger partial charge in [0.05, 0.1) is 12.3 Å². The maximum atomic E-state index is 13.1. The van der Waals surface area contributed by atoms with E-state index in [9.17, 15) is 14.9 Å². The van der Waals surface area contributed by atoms with Gasteiger partial charge in [0.25, 0.3) is 5.91 Å². The summed E-state index contributed by atoms with van der Waals surface area (Å²) in [7, 11) is 1.87. The molecule has 2 aromatic heterocycles. The van der Waals surface area contributed by atoms with Crippen LogP contribution in [0, 0.1) is 22.7 Å². The Morgan fingerprint density at radius 1 is 1.27 bits per heavy atom. The summed E-state index contributed by atoms with van der Waals surface area (Å²) < 4.78 is 1.75. The number of nitrogens with zero attached hydrogens (tertiary/aromatic N) is 5. The van der Waals surface area contributed by atoms with E-state index < -0.39 is 5.41 Å². The van der Waals surface area contributed by atoms with Crippen LogP contribution in [0.25, 0.3) is 11.1 Å². The van der Waals surface area contributed by atoms with Crippen molar-refractivity contribution in [3.05, 3.63) is 66.2 Å². The van der Waals surface area contributed by atoms with Crippen molar-refractivity contribution in [2.24, 2.45) is 18.4 Å². The summed E-state index contributed by atoms with van der Waals surface area (Å²) in [6, 6.07) is 13.5. The van der Waals surface area contributed by atoms with Gasteiger partial charge in [-0.2, -0.15) is 10.4 Å². The van der Waals surface area contributed by atoms with Gasteiger partial charge < -0.3 is 10.2 Å². The van der Waals surface area contributed by atoms with Crippen LogP contribution in [0.3, 0.4) is 0 Å². The minimum absolute atomic E-state index is 0.155. The normalized spacial score (nSPS) is 20.0. The Morgan fingerprint density at radius 2 is 2.12 bits per heavy atom. The fourth-order valence-electron chi connectivity index (χ4n) is 4.55. The van der Waals surface area contributed by atoms with Crippen molar-refractivity contribution < 1.29 is 9.59 Å². The van der Waals surface area contributed by atoms with Gasteiger partial charge in [-0.3, -0.25) is 19.3 Å². The zero-order valence-electron chi connectivity index (χ0n) is 18.4. The molecule has 8 nitrogen and oxygen atoms in total. The Bertz CT molecular complexity index is 1270. The molecule has 1 aliphatic carbocycles. The van der Waals surface area contributed by atoms with Crippen LogP contribution < -0.4 is 10.2 Å². The lowest BCUT2D eigenvalue weighted by atomic mass is 9.83. The smallest absolute Gasteiger partial charge is 0.270 e. The van der Waals surface area contributed by atoms with Crippen LogP contribution in [0.2, 0.25) is 0 Å². The second kappa shape index (κ2) is 8.17. The number of amides is 2. The molecule has 1 N–H and O–H groups in total. The molecule has 1 aromatic carbocycles. The predicted octanol–water partition coefficient (Wildman–Crippen LogP) is 3.07. The van der Waals surface area contributed by atoms with E-state index in [0.29, 0.717) is 25.2 Å². The molecule has 2 amide bonds. The molecule has 3 heterocycles. The Hall–Kier alpha value is -3.99. The minimum Gasteiger partial charge on any atom is -0.347 e. The molecule has 0 spiro atoms. The van der Waals surface area contributed by atoms with Crippen molar-refractivity contribution >= 4 is 17.5 Å². The number of hydrogen-bond donors (Lipinski definition) is 1. The quantitative estimate of drug-likeness (QED) is 0.634. The predicted molar refractivity (Wildman–Crippen MR) is 122 cm³/mol. The number of carbonyl (C=O) groups excluding carboxylic acids is 2. The van der Waals surface area contributed by atoms with E-state index in [0.717, 1.165) is 29.5 Å². The number of nitrogens with one attached hydrogen (secondary N) is 1. The second-order valence-corrected chi connectivity index (χ2v) is 8.75. The van der Waals surface area contributed by atoms with Crippen LogP contribution >= 0.6 is 0 Å². The van der Waals surface area contributed by atoms with Crippen LogP contribution in [0.15, 0.2) is 55.0 Å². The van der Waals surface area contributed by atoms with Gasteiger partial charge >= 0.3 is 0 Å². The molecular weight excluding hydrogens is 416 g/mol. The van der Waals surface area contributed by atoms with Gasteiger partial charge in [0.15, 0.2) is 0 Å². The molecule has 1 saturated heterocycles. The molecule has 2 aliphatic rings. The maximum absolute atomic E-state index is 13.1. The molecule has 8 heteroatoms. The molecule has 0 bridgehead atoms. The average Bonchev–Trinajstić information content (AvgIpc) is 3.52. The lowest BCUT2D eigenvalue weighted by Crippen LogP contribution is -2.35. The Labute approximate surface area is 191 Å². The standard InChI is InChI=1S/C25H24N6O2/c1-30-15-19(14-29-30)18-4-2-3-17(11-18)13-28-23(32)22-12-21(7-9-27-22)31-10-8-25(16-26,24(31)33)20-5-6-20/h2-4,7,9,11-12,14-15,20H,5-6,8,10,13H2,1H3,(H,28,32)/t25-/m1/s1. The molecule has 166 valence electrons. The van der Waals surface area contributed by atoms with E-state index in [1.165, 1.54) is 6.20 Å². The molecule has 1 saturated carbocycles. The van der Waals surface area contributed by atoms with Gasteiger partial charge in [-0.15, -0.1) is 0 Å². The Morgan fingerprint density at radius 3 is 2.85 bits per heavy atom. The van der Waals surface area contributed by atoms with Crippen molar-refractivity contribution in [3.8, 4) is 17.2 Å². The highest BCUT2D eigenvalue weighted by molar-refractivity contribution is 6.03. The first-order valence-corrected chi connectivity index (χ1v) is 11.1. The number of pyridine rings is 1. The molecule has 1 aliphatic heterocycles. The fourth-order valence-corrected chi connectivity index (χ4v) is 4.55. The number of aromatic nitrogens is 3. The first-order chi connectivity index (χ1) is 16.0. The van der Waals surface area contributed by atoms with Crippen molar-refractivity contribution in [2.45, 2.75) is 25.8 Å². The highest BCUT2D eigenvalue weighted by atomic mass is 16.2. The minimum atomic E-state index is -0.912. The van der Waals surface area contributed by atoms with Crippen LogP contribution in [-0.4, -0.2) is 33.1 Å². The topological polar surface area (TPSA) is 104 Å². The van der Waals surface area contributed by atoms with Gasteiger partial charge in [0.1, 0.15) is 11.1 Å². The second-order valence-electron chi connectivity index (χ2n) is 8.75. The molecule has 5 rings (SSSR count).